The molecule has 0 saturated carbocycles. The number of thiophene rings is 1. The molecule has 0 bridgehead atoms. The van der Waals surface area contributed by atoms with E-state index in [1.54, 1.807) is 24.3 Å². The van der Waals surface area contributed by atoms with Crippen molar-refractivity contribution >= 4 is 34.7 Å². The molecule has 1 N–H and O–H groups in total. The van der Waals surface area contributed by atoms with Gasteiger partial charge in [0, 0.05) is 37.0 Å². The fraction of sp³-hybridized carbons (Fsp3) is 0.333. The zero-order chi connectivity index (χ0) is 15.9. The van der Waals surface area contributed by atoms with E-state index in [-0.39, 0.29) is 5.91 Å². The number of nitrogens with zero attached hydrogens (tertiary/aromatic N) is 2. The fourth-order valence-electron chi connectivity index (χ4n) is 1.96. The highest BCUT2D eigenvalue weighted by Crippen LogP contribution is 2.22. The van der Waals surface area contributed by atoms with Crippen LogP contribution in [0.15, 0.2) is 35.4 Å². The first-order valence-corrected chi connectivity index (χ1v) is 8.07. The van der Waals surface area contributed by atoms with Crippen LogP contribution >= 0.6 is 22.9 Å². The van der Waals surface area contributed by atoms with Crippen LogP contribution in [0.25, 0.3) is 0 Å². The van der Waals surface area contributed by atoms with E-state index in [0.717, 1.165) is 10.9 Å². The second kappa shape index (κ2) is 8.12. The molecule has 0 fully saturated rings. The summed E-state index contributed by atoms with van der Waals surface area (Å²) in [6, 6.07) is 5.57. The van der Waals surface area contributed by atoms with Crippen LogP contribution in [-0.2, 0) is 11.3 Å². The van der Waals surface area contributed by atoms with Gasteiger partial charge in [0.05, 0.1) is 4.34 Å². The van der Waals surface area contributed by atoms with Crippen molar-refractivity contribution in [1.82, 2.24) is 10.1 Å². The summed E-state index contributed by atoms with van der Waals surface area (Å²) in [4.78, 5) is 15.2. The third-order valence-electron chi connectivity index (χ3n) is 2.95. The molecule has 2 aromatic heterocycles. The quantitative estimate of drug-likeness (QED) is 0.745. The molecule has 0 atom stereocenters. The number of carbonyl (C=O) groups excluding carboxylic acids is 1. The first-order valence-electron chi connectivity index (χ1n) is 6.87. The number of hydrogen-bond donors (Lipinski definition) is 1. The topological polar surface area (TPSA) is 58.4 Å². The molecular weight excluding hydrogens is 322 g/mol. The highest BCUT2D eigenvalue weighted by atomic mass is 35.5. The molecule has 0 spiro atoms. The van der Waals surface area contributed by atoms with Crippen LogP contribution in [0.4, 0.5) is 5.82 Å². The summed E-state index contributed by atoms with van der Waals surface area (Å²) in [5.74, 6) is 1.02. The van der Waals surface area contributed by atoms with Crippen molar-refractivity contribution in [2.45, 2.75) is 19.9 Å². The third kappa shape index (κ3) is 5.29. The lowest BCUT2D eigenvalue weighted by Gasteiger charge is -2.19. The monoisotopic (exact) mass is 339 g/mol. The lowest BCUT2D eigenvalue weighted by molar-refractivity contribution is -0.116. The number of carbonyl (C=O) groups is 1. The molecule has 0 aliphatic carbocycles. The maximum absolute atomic E-state index is 11.9. The van der Waals surface area contributed by atoms with Crippen molar-refractivity contribution in [2.24, 2.45) is 0 Å². The Labute approximate surface area is 138 Å². The van der Waals surface area contributed by atoms with Crippen molar-refractivity contribution in [3.63, 3.8) is 0 Å². The lowest BCUT2D eigenvalue weighted by atomic mass is 10.3. The smallest absolute Gasteiger partial charge is 0.226 e. The average Bonchev–Trinajstić information content (AvgIpc) is 3.05. The van der Waals surface area contributed by atoms with Gasteiger partial charge in [-0.3, -0.25) is 9.69 Å². The molecule has 7 heteroatoms. The van der Waals surface area contributed by atoms with E-state index in [0.29, 0.717) is 31.1 Å². The Kier molecular flexibility index (Phi) is 6.18. The second-order valence-electron chi connectivity index (χ2n) is 4.85. The van der Waals surface area contributed by atoms with Gasteiger partial charge in [-0.2, -0.15) is 0 Å². The van der Waals surface area contributed by atoms with Crippen LogP contribution in [0.2, 0.25) is 4.34 Å². The van der Waals surface area contributed by atoms with E-state index in [9.17, 15) is 4.79 Å². The number of anilines is 1. The summed E-state index contributed by atoms with van der Waals surface area (Å²) in [6.45, 7) is 7.63. The van der Waals surface area contributed by atoms with E-state index in [4.69, 9.17) is 16.1 Å². The lowest BCUT2D eigenvalue weighted by Crippen LogP contribution is -2.27. The molecule has 0 unspecified atom stereocenters. The molecule has 0 radical (unpaired) electrons. The van der Waals surface area contributed by atoms with Crippen LogP contribution in [0.1, 0.15) is 17.1 Å². The first-order chi connectivity index (χ1) is 10.6. The number of halogens is 1. The predicted octanol–water partition coefficient (Wildman–Crippen LogP) is 3.71. The standard InChI is InChI=1S/C15H18ClN3O2S/c1-3-7-19(10-12-4-5-13(16)22-12)8-6-15(20)17-14-9-11(2)21-18-14/h3-5,9H,1,6-8,10H2,2H3,(H,17,18,20). The third-order valence-corrected chi connectivity index (χ3v) is 4.16. The van der Waals surface area contributed by atoms with Gasteiger partial charge in [0.1, 0.15) is 5.76 Å². The minimum Gasteiger partial charge on any atom is -0.360 e. The maximum atomic E-state index is 11.9. The number of nitrogens with one attached hydrogen (secondary N) is 1. The van der Waals surface area contributed by atoms with E-state index >= 15 is 0 Å². The Morgan fingerprint density at radius 3 is 3.00 bits per heavy atom. The summed E-state index contributed by atoms with van der Waals surface area (Å²) in [6.07, 6.45) is 2.20. The Bertz CT molecular complexity index is 638. The SMILES string of the molecule is C=CCN(CCC(=O)Nc1cc(C)on1)Cc1ccc(Cl)s1. The van der Waals surface area contributed by atoms with Gasteiger partial charge in [-0.25, -0.2) is 0 Å². The highest BCUT2D eigenvalue weighted by Gasteiger charge is 2.11. The number of amides is 1. The van der Waals surface area contributed by atoms with Gasteiger partial charge < -0.3 is 9.84 Å². The molecule has 5 nitrogen and oxygen atoms in total. The zero-order valence-corrected chi connectivity index (χ0v) is 13.9. The summed E-state index contributed by atoms with van der Waals surface area (Å²) < 4.78 is 5.68. The largest absolute Gasteiger partial charge is 0.360 e. The predicted molar refractivity (Wildman–Crippen MR) is 89.3 cm³/mol. The van der Waals surface area contributed by atoms with Gasteiger partial charge in [-0.1, -0.05) is 22.8 Å². The second-order valence-corrected chi connectivity index (χ2v) is 6.65. The van der Waals surface area contributed by atoms with E-state index in [2.05, 4.69) is 22.0 Å². The van der Waals surface area contributed by atoms with Crippen molar-refractivity contribution in [3.05, 3.63) is 45.8 Å². The molecule has 22 heavy (non-hydrogen) atoms. The number of rotatable bonds is 8. The summed E-state index contributed by atoms with van der Waals surface area (Å²) in [5, 5.41) is 6.45. The first kappa shape index (κ1) is 16.7. The summed E-state index contributed by atoms with van der Waals surface area (Å²) in [7, 11) is 0. The summed E-state index contributed by atoms with van der Waals surface area (Å²) >= 11 is 7.49. The van der Waals surface area contributed by atoms with Gasteiger partial charge in [-0.05, 0) is 19.1 Å². The van der Waals surface area contributed by atoms with E-state index in [1.807, 2.05) is 18.2 Å². The van der Waals surface area contributed by atoms with Crippen LogP contribution in [0, 0.1) is 6.92 Å². The van der Waals surface area contributed by atoms with Gasteiger partial charge in [0.15, 0.2) is 5.82 Å². The highest BCUT2D eigenvalue weighted by molar-refractivity contribution is 7.16. The van der Waals surface area contributed by atoms with Crippen LogP contribution < -0.4 is 5.32 Å². The van der Waals surface area contributed by atoms with E-state index in [1.165, 1.54) is 4.88 Å². The molecule has 0 aliphatic heterocycles. The molecular formula is C15H18ClN3O2S. The molecule has 2 heterocycles. The van der Waals surface area contributed by atoms with Crippen LogP contribution in [-0.4, -0.2) is 29.1 Å². The van der Waals surface area contributed by atoms with Gasteiger partial charge in [-0.15, -0.1) is 17.9 Å². The molecule has 2 aromatic rings. The van der Waals surface area contributed by atoms with Crippen LogP contribution in [0.5, 0.6) is 0 Å². The number of hydrogen-bond acceptors (Lipinski definition) is 5. The summed E-state index contributed by atoms with van der Waals surface area (Å²) in [5.41, 5.74) is 0. The Morgan fingerprint density at radius 1 is 1.59 bits per heavy atom. The normalized spacial score (nSPS) is 10.9. The average molecular weight is 340 g/mol. The minimum absolute atomic E-state index is 0.0911. The Balaban J connectivity index is 1.82. The Hall–Kier alpha value is -1.63. The van der Waals surface area contributed by atoms with Crippen molar-refractivity contribution in [3.8, 4) is 0 Å². The van der Waals surface area contributed by atoms with Gasteiger partial charge in [0.2, 0.25) is 5.91 Å². The minimum atomic E-state index is -0.0911. The van der Waals surface area contributed by atoms with Crippen molar-refractivity contribution < 1.29 is 9.32 Å². The zero-order valence-electron chi connectivity index (χ0n) is 12.3. The fourth-order valence-corrected chi connectivity index (χ4v) is 3.09. The molecule has 1 amide bonds. The molecule has 118 valence electrons. The van der Waals surface area contributed by atoms with Crippen molar-refractivity contribution in [2.75, 3.05) is 18.4 Å². The van der Waals surface area contributed by atoms with Crippen LogP contribution in [0.3, 0.4) is 0 Å². The van der Waals surface area contributed by atoms with E-state index < -0.39 is 0 Å². The molecule has 0 aliphatic rings. The van der Waals surface area contributed by atoms with Crippen molar-refractivity contribution in [1.29, 1.82) is 0 Å². The molecule has 0 saturated heterocycles. The van der Waals surface area contributed by atoms with Gasteiger partial charge in [0.25, 0.3) is 0 Å². The Morgan fingerprint density at radius 2 is 2.41 bits per heavy atom. The molecule has 0 aromatic carbocycles. The van der Waals surface area contributed by atoms with Gasteiger partial charge >= 0.3 is 0 Å². The number of aromatic nitrogens is 1. The number of aryl methyl sites for hydroxylation is 1. The molecule has 2 rings (SSSR count). The maximum Gasteiger partial charge on any atom is 0.226 e.